The molecule has 0 radical (unpaired) electrons. The topological polar surface area (TPSA) is 94.2 Å². The number of methoxy groups -OCH3 is 2. The summed E-state index contributed by atoms with van der Waals surface area (Å²) in [6, 6.07) is 11.5. The molecule has 0 aromatic heterocycles. The molecule has 1 aliphatic rings. The Morgan fingerprint density at radius 2 is 1.86 bits per heavy atom. The second kappa shape index (κ2) is 9.15. The molecule has 0 spiro atoms. The minimum atomic E-state index is -3.77. The molecule has 0 bridgehead atoms. The van der Waals surface area contributed by atoms with Crippen molar-refractivity contribution in [2.24, 2.45) is 0 Å². The number of ether oxygens (including phenoxy) is 3. The number of benzene rings is 2. The Labute approximate surface area is 170 Å². The highest BCUT2D eigenvalue weighted by Crippen LogP contribution is 2.33. The van der Waals surface area contributed by atoms with Crippen molar-refractivity contribution in [3.8, 4) is 17.2 Å². The van der Waals surface area contributed by atoms with Crippen LogP contribution in [-0.4, -0.2) is 48.2 Å². The lowest BCUT2D eigenvalue weighted by Crippen LogP contribution is -2.29. The Balaban J connectivity index is 1.66. The first-order valence-corrected chi connectivity index (χ1v) is 10.7. The molecule has 29 heavy (non-hydrogen) atoms. The van der Waals surface area contributed by atoms with E-state index >= 15 is 0 Å². The first-order valence-electron chi connectivity index (χ1n) is 9.19. The van der Waals surface area contributed by atoms with Crippen LogP contribution in [0.15, 0.2) is 47.4 Å². The second-order valence-corrected chi connectivity index (χ2v) is 8.17. The van der Waals surface area contributed by atoms with Gasteiger partial charge in [-0.3, -0.25) is 4.79 Å². The molecule has 3 rings (SSSR count). The van der Waals surface area contributed by atoms with E-state index in [1.807, 2.05) is 0 Å². The molecule has 1 fully saturated rings. The molecule has 9 heteroatoms. The van der Waals surface area contributed by atoms with Gasteiger partial charge in [-0.2, -0.15) is 0 Å². The number of carbonyl (C=O) groups is 1. The minimum Gasteiger partial charge on any atom is -0.497 e. The fourth-order valence-electron chi connectivity index (χ4n) is 3.07. The van der Waals surface area contributed by atoms with Crippen LogP contribution in [0.1, 0.15) is 12.8 Å². The molecule has 1 amide bonds. The minimum absolute atomic E-state index is 0.0440. The average molecular weight is 420 g/mol. The fraction of sp³-hybridized carbons (Fsp3) is 0.350. The van der Waals surface area contributed by atoms with Crippen molar-refractivity contribution in [1.29, 1.82) is 0 Å². The highest BCUT2D eigenvalue weighted by molar-refractivity contribution is 7.89. The molecule has 8 nitrogen and oxygen atoms in total. The molecular weight excluding hydrogens is 396 g/mol. The van der Waals surface area contributed by atoms with Gasteiger partial charge >= 0.3 is 0 Å². The summed E-state index contributed by atoms with van der Waals surface area (Å²) in [5, 5.41) is 0. The fourth-order valence-corrected chi connectivity index (χ4v) is 4.10. The lowest BCUT2D eigenvalue weighted by Gasteiger charge is -2.20. The van der Waals surface area contributed by atoms with Gasteiger partial charge in [0.05, 0.1) is 24.8 Å². The van der Waals surface area contributed by atoms with Crippen molar-refractivity contribution >= 4 is 21.6 Å². The van der Waals surface area contributed by atoms with Crippen LogP contribution in [0.2, 0.25) is 0 Å². The van der Waals surface area contributed by atoms with E-state index in [-0.39, 0.29) is 24.0 Å². The van der Waals surface area contributed by atoms with Gasteiger partial charge in [-0.25, -0.2) is 13.1 Å². The summed E-state index contributed by atoms with van der Waals surface area (Å²) in [5.74, 6) is 1.66. The molecule has 1 heterocycles. The highest BCUT2D eigenvalue weighted by atomic mass is 32.2. The van der Waals surface area contributed by atoms with Crippen molar-refractivity contribution in [2.75, 3.05) is 38.8 Å². The zero-order valence-corrected chi connectivity index (χ0v) is 17.2. The van der Waals surface area contributed by atoms with Crippen LogP contribution in [0.5, 0.6) is 17.2 Å². The van der Waals surface area contributed by atoms with Crippen molar-refractivity contribution in [1.82, 2.24) is 4.72 Å². The summed E-state index contributed by atoms with van der Waals surface area (Å²) in [6.45, 7) is 0.782. The summed E-state index contributed by atoms with van der Waals surface area (Å²) in [7, 11) is -0.721. The lowest BCUT2D eigenvalue weighted by molar-refractivity contribution is -0.117. The molecule has 0 aliphatic carbocycles. The molecule has 1 saturated heterocycles. The number of rotatable bonds is 9. The lowest BCUT2D eigenvalue weighted by atomic mass is 10.2. The van der Waals surface area contributed by atoms with Gasteiger partial charge in [-0.15, -0.1) is 0 Å². The van der Waals surface area contributed by atoms with E-state index in [2.05, 4.69) is 4.72 Å². The van der Waals surface area contributed by atoms with Gasteiger partial charge in [0, 0.05) is 25.6 Å². The third kappa shape index (κ3) is 4.99. The van der Waals surface area contributed by atoms with E-state index in [0.717, 1.165) is 6.42 Å². The maximum Gasteiger partial charge on any atom is 0.240 e. The van der Waals surface area contributed by atoms with Gasteiger partial charge in [0.25, 0.3) is 0 Å². The number of hydrogen-bond acceptors (Lipinski definition) is 6. The highest BCUT2D eigenvalue weighted by Gasteiger charge is 2.26. The van der Waals surface area contributed by atoms with Crippen LogP contribution in [0.3, 0.4) is 0 Å². The Morgan fingerprint density at radius 1 is 1.07 bits per heavy atom. The Kier molecular flexibility index (Phi) is 6.60. The molecule has 1 N–H and O–H groups in total. The monoisotopic (exact) mass is 420 g/mol. The maximum atomic E-state index is 12.7. The van der Waals surface area contributed by atoms with E-state index in [0.29, 0.717) is 35.9 Å². The van der Waals surface area contributed by atoms with E-state index in [1.54, 1.807) is 42.3 Å². The third-order valence-electron chi connectivity index (χ3n) is 4.53. The standard InChI is InChI=1S/C20H24N2O6S/c1-26-15-5-3-6-16(13-15)28-12-10-21-29(24,25)17-8-9-19(27-2)18(14-17)22-11-4-7-20(22)23/h3,5-6,8-9,13-14,21H,4,7,10-12H2,1-2H3. The molecule has 1 aliphatic heterocycles. The van der Waals surface area contributed by atoms with Gasteiger partial charge in [0.1, 0.15) is 23.9 Å². The van der Waals surface area contributed by atoms with Gasteiger partial charge < -0.3 is 19.1 Å². The Bertz CT molecular complexity index is 977. The number of hydrogen-bond donors (Lipinski definition) is 1. The SMILES string of the molecule is COc1cccc(OCCNS(=O)(=O)c2ccc(OC)c(N3CCCC3=O)c2)c1. The molecule has 156 valence electrons. The zero-order chi connectivity index (χ0) is 20.9. The Morgan fingerprint density at radius 3 is 2.55 bits per heavy atom. The van der Waals surface area contributed by atoms with Crippen LogP contribution in [0, 0.1) is 0 Å². The van der Waals surface area contributed by atoms with Crippen LogP contribution in [0.4, 0.5) is 5.69 Å². The van der Waals surface area contributed by atoms with E-state index < -0.39 is 10.0 Å². The quantitative estimate of drug-likeness (QED) is 0.625. The van der Waals surface area contributed by atoms with Crippen molar-refractivity contribution in [2.45, 2.75) is 17.7 Å². The van der Waals surface area contributed by atoms with Gasteiger partial charge in [-0.1, -0.05) is 6.07 Å². The average Bonchev–Trinajstić information content (AvgIpc) is 3.16. The number of sulfonamides is 1. The summed E-state index contributed by atoms with van der Waals surface area (Å²) < 4.78 is 43.8. The Hall–Kier alpha value is -2.78. The molecule has 0 atom stereocenters. The van der Waals surface area contributed by atoms with Crippen LogP contribution >= 0.6 is 0 Å². The summed E-state index contributed by atoms with van der Waals surface area (Å²) in [5.41, 5.74) is 0.463. The molecule has 0 saturated carbocycles. The molecule has 2 aromatic rings. The first-order chi connectivity index (χ1) is 13.9. The summed E-state index contributed by atoms with van der Waals surface area (Å²) in [6.07, 6.45) is 1.18. The molecule has 0 unspecified atom stereocenters. The van der Waals surface area contributed by atoms with Gasteiger partial charge in [0.15, 0.2) is 0 Å². The van der Waals surface area contributed by atoms with Gasteiger partial charge in [0.2, 0.25) is 15.9 Å². The van der Waals surface area contributed by atoms with E-state index in [1.165, 1.54) is 19.2 Å². The summed E-state index contributed by atoms with van der Waals surface area (Å²) >= 11 is 0. The molecular formula is C20H24N2O6S. The van der Waals surface area contributed by atoms with Crippen molar-refractivity contribution < 1.29 is 27.4 Å². The number of anilines is 1. The first kappa shape index (κ1) is 20.9. The van der Waals surface area contributed by atoms with Crippen molar-refractivity contribution in [3.63, 3.8) is 0 Å². The normalized spacial score (nSPS) is 14.1. The van der Waals surface area contributed by atoms with E-state index in [9.17, 15) is 13.2 Å². The largest absolute Gasteiger partial charge is 0.497 e. The van der Waals surface area contributed by atoms with Crippen LogP contribution in [-0.2, 0) is 14.8 Å². The van der Waals surface area contributed by atoms with Crippen LogP contribution in [0.25, 0.3) is 0 Å². The predicted octanol–water partition coefficient (Wildman–Crippen LogP) is 2.19. The van der Waals surface area contributed by atoms with Gasteiger partial charge in [-0.05, 0) is 36.8 Å². The number of nitrogens with zero attached hydrogens (tertiary/aromatic N) is 1. The summed E-state index contributed by atoms with van der Waals surface area (Å²) in [4.78, 5) is 13.7. The van der Waals surface area contributed by atoms with Crippen LogP contribution < -0.4 is 23.8 Å². The van der Waals surface area contributed by atoms with Crippen molar-refractivity contribution in [3.05, 3.63) is 42.5 Å². The predicted molar refractivity (Wildman–Crippen MR) is 108 cm³/mol. The zero-order valence-electron chi connectivity index (χ0n) is 16.4. The number of carbonyl (C=O) groups excluding carboxylic acids is 1. The van der Waals surface area contributed by atoms with E-state index in [4.69, 9.17) is 14.2 Å². The third-order valence-corrected chi connectivity index (χ3v) is 5.99. The number of nitrogens with one attached hydrogen (secondary N) is 1. The number of amides is 1. The smallest absolute Gasteiger partial charge is 0.240 e. The second-order valence-electron chi connectivity index (χ2n) is 6.41. The maximum absolute atomic E-state index is 12.7. The molecule has 2 aromatic carbocycles.